The SMILES string of the molecule is c1cc2occc2c(NC2CCN3CCCC3C2)n1. The molecule has 4 rings (SSSR count). The van der Waals surface area contributed by atoms with Crippen LogP contribution in [0.5, 0.6) is 0 Å². The molecule has 2 saturated heterocycles. The van der Waals surface area contributed by atoms with Gasteiger partial charge in [0, 0.05) is 24.8 Å². The Morgan fingerprint density at radius 2 is 2.26 bits per heavy atom. The van der Waals surface area contributed by atoms with E-state index < -0.39 is 0 Å². The molecule has 0 radical (unpaired) electrons. The second-order valence-corrected chi connectivity index (χ2v) is 5.69. The summed E-state index contributed by atoms with van der Waals surface area (Å²) in [6, 6.07) is 5.25. The van der Waals surface area contributed by atoms with E-state index in [-0.39, 0.29) is 0 Å². The van der Waals surface area contributed by atoms with Gasteiger partial charge in [-0.25, -0.2) is 4.98 Å². The fourth-order valence-corrected chi connectivity index (χ4v) is 3.56. The Kier molecular flexibility index (Phi) is 2.69. The first kappa shape index (κ1) is 11.3. The van der Waals surface area contributed by atoms with Crippen LogP contribution < -0.4 is 5.32 Å². The number of pyridine rings is 1. The van der Waals surface area contributed by atoms with E-state index in [1.807, 2.05) is 18.3 Å². The van der Waals surface area contributed by atoms with Gasteiger partial charge in [0.05, 0.1) is 11.6 Å². The molecular formula is C15H19N3O. The van der Waals surface area contributed by atoms with Crippen LogP contribution in [0.25, 0.3) is 11.0 Å². The first-order valence-electron chi connectivity index (χ1n) is 7.23. The lowest BCUT2D eigenvalue weighted by atomic mass is 9.97. The molecule has 0 bridgehead atoms. The Morgan fingerprint density at radius 3 is 3.26 bits per heavy atom. The minimum Gasteiger partial charge on any atom is -0.464 e. The number of fused-ring (bicyclic) bond motifs is 2. The molecule has 4 heterocycles. The van der Waals surface area contributed by atoms with Gasteiger partial charge in [-0.15, -0.1) is 0 Å². The highest BCUT2D eigenvalue weighted by molar-refractivity contribution is 5.87. The van der Waals surface area contributed by atoms with Gasteiger partial charge in [-0.05, 0) is 44.4 Å². The summed E-state index contributed by atoms with van der Waals surface area (Å²) in [6.07, 6.45) is 8.74. The van der Waals surface area contributed by atoms with Gasteiger partial charge in [0.25, 0.3) is 0 Å². The number of aromatic nitrogens is 1. The molecule has 0 saturated carbocycles. The molecule has 4 heteroatoms. The molecule has 0 spiro atoms. The van der Waals surface area contributed by atoms with Crippen molar-refractivity contribution in [2.24, 2.45) is 0 Å². The Morgan fingerprint density at radius 1 is 1.26 bits per heavy atom. The van der Waals surface area contributed by atoms with Crippen molar-refractivity contribution < 1.29 is 4.42 Å². The van der Waals surface area contributed by atoms with E-state index in [4.69, 9.17) is 4.42 Å². The van der Waals surface area contributed by atoms with Crippen LogP contribution in [-0.2, 0) is 0 Å². The topological polar surface area (TPSA) is 41.3 Å². The predicted octanol–water partition coefficient (Wildman–Crippen LogP) is 2.87. The van der Waals surface area contributed by atoms with Crippen LogP contribution in [0.2, 0.25) is 0 Å². The molecule has 1 N–H and O–H groups in total. The molecule has 4 nitrogen and oxygen atoms in total. The lowest BCUT2D eigenvalue weighted by Gasteiger charge is -2.35. The Bertz CT molecular complexity index is 580. The third kappa shape index (κ3) is 2.00. The molecule has 2 aliphatic rings. The summed E-state index contributed by atoms with van der Waals surface area (Å²) in [4.78, 5) is 7.12. The molecule has 19 heavy (non-hydrogen) atoms. The standard InChI is InChI=1S/C15H19N3O/c1-2-12-10-11(4-8-18(12)7-1)17-15-13-5-9-19-14(13)3-6-16-15/h3,5-6,9,11-12H,1-2,4,7-8,10H2,(H,16,17). The van der Waals surface area contributed by atoms with Gasteiger partial charge >= 0.3 is 0 Å². The average molecular weight is 257 g/mol. The summed E-state index contributed by atoms with van der Waals surface area (Å²) in [5.41, 5.74) is 0.913. The molecule has 2 atom stereocenters. The maximum atomic E-state index is 5.43. The average Bonchev–Trinajstić information content (AvgIpc) is 3.06. The molecule has 0 amide bonds. The predicted molar refractivity (Wildman–Crippen MR) is 75.2 cm³/mol. The second kappa shape index (κ2) is 4.53. The first-order chi connectivity index (χ1) is 9.40. The van der Waals surface area contributed by atoms with Gasteiger partial charge in [0.1, 0.15) is 11.4 Å². The number of piperidine rings is 1. The number of anilines is 1. The van der Waals surface area contributed by atoms with Crippen molar-refractivity contribution in [2.45, 2.75) is 37.8 Å². The van der Waals surface area contributed by atoms with Gasteiger partial charge in [-0.2, -0.15) is 0 Å². The highest BCUT2D eigenvalue weighted by Gasteiger charge is 2.31. The number of rotatable bonds is 2. The van der Waals surface area contributed by atoms with Gasteiger partial charge in [0.15, 0.2) is 0 Å². The second-order valence-electron chi connectivity index (χ2n) is 5.69. The van der Waals surface area contributed by atoms with Crippen molar-refractivity contribution in [3.8, 4) is 0 Å². The largest absolute Gasteiger partial charge is 0.464 e. The van der Waals surface area contributed by atoms with Crippen LogP contribution >= 0.6 is 0 Å². The van der Waals surface area contributed by atoms with Crippen LogP contribution in [0.15, 0.2) is 29.0 Å². The van der Waals surface area contributed by atoms with Crippen molar-refractivity contribution in [1.29, 1.82) is 0 Å². The molecule has 100 valence electrons. The third-order valence-corrected chi connectivity index (χ3v) is 4.54. The zero-order chi connectivity index (χ0) is 12.7. The maximum absolute atomic E-state index is 5.43. The molecular weight excluding hydrogens is 238 g/mol. The molecule has 2 fully saturated rings. The molecule has 2 aliphatic heterocycles. The Labute approximate surface area is 112 Å². The zero-order valence-corrected chi connectivity index (χ0v) is 11.0. The van der Waals surface area contributed by atoms with Gasteiger partial charge in [-0.3, -0.25) is 0 Å². The zero-order valence-electron chi connectivity index (χ0n) is 11.0. The number of nitrogens with zero attached hydrogens (tertiary/aromatic N) is 2. The van der Waals surface area contributed by atoms with E-state index >= 15 is 0 Å². The summed E-state index contributed by atoms with van der Waals surface area (Å²) in [7, 11) is 0. The summed E-state index contributed by atoms with van der Waals surface area (Å²) in [5.74, 6) is 0.975. The molecule has 2 unspecified atom stereocenters. The highest BCUT2D eigenvalue weighted by Crippen LogP contribution is 2.30. The summed E-state index contributed by atoms with van der Waals surface area (Å²) < 4.78 is 5.43. The van der Waals surface area contributed by atoms with Crippen molar-refractivity contribution in [3.63, 3.8) is 0 Å². The maximum Gasteiger partial charge on any atom is 0.139 e. The summed E-state index contributed by atoms with van der Waals surface area (Å²) >= 11 is 0. The summed E-state index contributed by atoms with van der Waals surface area (Å²) in [6.45, 7) is 2.52. The minimum absolute atomic E-state index is 0.548. The van der Waals surface area contributed by atoms with Crippen molar-refractivity contribution in [3.05, 3.63) is 24.6 Å². The fourth-order valence-electron chi connectivity index (χ4n) is 3.56. The smallest absolute Gasteiger partial charge is 0.139 e. The lowest BCUT2D eigenvalue weighted by Crippen LogP contribution is -2.42. The Balaban J connectivity index is 1.53. The van der Waals surface area contributed by atoms with E-state index in [1.165, 1.54) is 38.8 Å². The van der Waals surface area contributed by atoms with Crippen LogP contribution in [0.1, 0.15) is 25.7 Å². The van der Waals surface area contributed by atoms with E-state index in [0.717, 1.165) is 22.8 Å². The van der Waals surface area contributed by atoms with E-state index in [2.05, 4.69) is 15.2 Å². The lowest BCUT2D eigenvalue weighted by molar-refractivity contribution is 0.188. The van der Waals surface area contributed by atoms with Crippen LogP contribution in [-0.4, -0.2) is 35.1 Å². The fraction of sp³-hybridized carbons (Fsp3) is 0.533. The molecule has 0 aliphatic carbocycles. The molecule has 0 aromatic carbocycles. The van der Waals surface area contributed by atoms with Gasteiger partial charge in [-0.1, -0.05) is 0 Å². The third-order valence-electron chi connectivity index (χ3n) is 4.54. The van der Waals surface area contributed by atoms with Crippen LogP contribution in [0, 0.1) is 0 Å². The van der Waals surface area contributed by atoms with Gasteiger partial charge < -0.3 is 14.6 Å². The number of nitrogens with one attached hydrogen (secondary N) is 1. The van der Waals surface area contributed by atoms with Crippen molar-refractivity contribution in [1.82, 2.24) is 9.88 Å². The quantitative estimate of drug-likeness (QED) is 0.898. The van der Waals surface area contributed by atoms with Crippen molar-refractivity contribution in [2.75, 3.05) is 18.4 Å². The highest BCUT2D eigenvalue weighted by atomic mass is 16.3. The number of hydrogen-bond donors (Lipinski definition) is 1. The van der Waals surface area contributed by atoms with E-state index in [1.54, 1.807) is 6.26 Å². The number of hydrogen-bond acceptors (Lipinski definition) is 4. The number of furan rings is 1. The van der Waals surface area contributed by atoms with Crippen LogP contribution in [0.3, 0.4) is 0 Å². The monoisotopic (exact) mass is 257 g/mol. The van der Waals surface area contributed by atoms with E-state index in [9.17, 15) is 0 Å². The first-order valence-corrected chi connectivity index (χ1v) is 7.23. The van der Waals surface area contributed by atoms with Crippen LogP contribution in [0.4, 0.5) is 5.82 Å². The van der Waals surface area contributed by atoms with Crippen molar-refractivity contribution >= 4 is 16.8 Å². The van der Waals surface area contributed by atoms with Gasteiger partial charge in [0.2, 0.25) is 0 Å². The molecule has 2 aromatic rings. The minimum atomic E-state index is 0.548. The summed E-state index contributed by atoms with van der Waals surface area (Å²) in [5, 5.41) is 4.72. The van der Waals surface area contributed by atoms with E-state index in [0.29, 0.717) is 6.04 Å². The normalized spacial score (nSPS) is 27.6. The molecule has 2 aromatic heterocycles. The Hall–Kier alpha value is -1.55.